The minimum atomic E-state index is -2.49. The Morgan fingerprint density at radius 3 is 0.968 bits per heavy atom. The molecule has 0 aromatic heterocycles. The Morgan fingerprint density at radius 2 is 0.742 bits per heavy atom. The van der Waals surface area contributed by atoms with E-state index in [0.717, 1.165) is 36.4 Å². The van der Waals surface area contributed by atoms with Crippen molar-refractivity contribution in [3.8, 4) is 0 Å². The summed E-state index contributed by atoms with van der Waals surface area (Å²) in [6.45, 7) is 15.8. The molecule has 0 heterocycles. The molecule has 0 aliphatic heterocycles. The third-order valence-corrected chi connectivity index (χ3v) is 16.7. The van der Waals surface area contributed by atoms with Gasteiger partial charge in [-0.1, -0.05) is 21.6 Å². The first-order valence-corrected chi connectivity index (χ1v) is 20.0. The second kappa shape index (κ2) is 23.5. The maximum atomic E-state index is 5.90. The molecule has 0 aliphatic carbocycles. The van der Waals surface area contributed by atoms with Crippen LogP contribution < -0.4 is 0 Å². The van der Waals surface area contributed by atoms with Gasteiger partial charge in [0.15, 0.2) is 0 Å². The normalized spacial score (nSPS) is 12.2. The van der Waals surface area contributed by atoms with E-state index in [4.69, 9.17) is 26.6 Å². The van der Waals surface area contributed by atoms with Crippen LogP contribution >= 0.6 is 41.2 Å². The summed E-state index contributed by atoms with van der Waals surface area (Å²) >= 11 is 0. The zero-order valence-corrected chi connectivity index (χ0v) is 24.8. The van der Waals surface area contributed by atoms with Gasteiger partial charge in [-0.25, -0.2) is 0 Å². The molecule has 0 saturated carbocycles. The smallest absolute Gasteiger partial charge is 0.374 e. The third kappa shape index (κ3) is 17.0. The van der Waals surface area contributed by atoms with Crippen molar-refractivity contribution >= 4 is 69.8 Å². The van der Waals surface area contributed by atoms with Crippen molar-refractivity contribution in [3.63, 3.8) is 0 Å². The van der Waals surface area contributed by atoms with E-state index in [-0.39, 0.29) is 11.0 Å². The highest BCUT2D eigenvalue weighted by Crippen LogP contribution is 2.44. The predicted molar refractivity (Wildman–Crippen MR) is 152 cm³/mol. The quantitative estimate of drug-likeness (QED) is 0.0943. The predicted octanol–water partition coefficient (Wildman–Crippen LogP) is 5.09. The van der Waals surface area contributed by atoms with E-state index in [0.29, 0.717) is 39.6 Å². The zero-order chi connectivity index (χ0) is 22.6. The molecule has 0 amide bonds. The van der Waals surface area contributed by atoms with E-state index in [1.807, 2.05) is 82.8 Å². The van der Waals surface area contributed by atoms with Gasteiger partial charge in [-0.15, -0.1) is 0 Å². The van der Waals surface area contributed by atoms with E-state index < -0.39 is 17.6 Å². The van der Waals surface area contributed by atoms with E-state index in [2.05, 4.69) is 0 Å². The van der Waals surface area contributed by atoms with Crippen molar-refractivity contribution in [2.45, 2.75) is 66.5 Å². The van der Waals surface area contributed by atoms with Crippen molar-refractivity contribution in [2.24, 2.45) is 0 Å². The molecule has 190 valence electrons. The second-order valence-electron chi connectivity index (χ2n) is 5.95. The van der Waals surface area contributed by atoms with Gasteiger partial charge in [0, 0.05) is 63.2 Å². The van der Waals surface area contributed by atoms with Crippen LogP contribution in [0, 0.1) is 0 Å². The van der Waals surface area contributed by atoms with E-state index in [1.165, 1.54) is 0 Å². The molecule has 0 saturated heterocycles. The van der Waals surface area contributed by atoms with Crippen LogP contribution in [-0.2, 0) is 26.6 Å². The summed E-state index contributed by atoms with van der Waals surface area (Å²) in [6.07, 6.45) is 2.08. The van der Waals surface area contributed by atoms with Crippen LogP contribution in [0.15, 0.2) is 0 Å². The molecule has 13 heteroatoms. The van der Waals surface area contributed by atoms with Gasteiger partial charge >= 0.3 is 17.6 Å². The molecule has 0 aromatic carbocycles. The second-order valence-corrected chi connectivity index (χ2v) is 17.7. The van der Waals surface area contributed by atoms with Crippen molar-refractivity contribution in [1.82, 2.24) is 0 Å². The Bertz CT molecular complexity index is 324. The number of rotatable bonds is 23. The van der Waals surface area contributed by atoms with Crippen molar-refractivity contribution < 1.29 is 26.6 Å². The first-order chi connectivity index (χ1) is 14.6. The summed E-state index contributed by atoms with van der Waals surface area (Å²) in [5, 5.41) is 0. The lowest BCUT2D eigenvalue weighted by Crippen LogP contribution is -2.46. The van der Waals surface area contributed by atoms with Gasteiger partial charge in [0.05, 0.1) is 0 Å². The molecule has 0 fully saturated rings. The summed E-state index contributed by atoms with van der Waals surface area (Å²) in [6, 6.07) is 1.76. The molecular weight excluding hydrogens is 525 g/mol. The zero-order valence-electron chi connectivity index (χ0n) is 19.6. The highest BCUT2D eigenvalue weighted by atomic mass is 33.7. The average molecular weight is 571 g/mol. The van der Waals surface area contributed by atoms with Crippen molar-refractivity contribution in [2.75, 3.05) is 51.1 Å². The van der Waals surface area contributed by atoms with Gasteiger partial charge in [0.25, 0.3) is 0 Å². The minimum absolute atomic E-state index is 0. The fourth-order valence-corrected chi connectivity index (χ4v) is 14.7. The number of hydrogen-bond donors (Lipinski definition) is 0. The standard InChI is InChI=1S/C18H42O6S4Si2.H4Si/c1-7-19-29(20-8-2,21-9-3)17-13-15-25-27-28-26-16-14-18-30(22-10-4,23-11-5)24-12-6;/h7-18H2,1-6H3;1H4. The summed E-state index contributed by atoms with van der Waals surface area (Å²) in [5.74, 6) is 2.13. The third-order valence-electron chi connectivity index (χ3n) is 3.73. The fraction of sp³-hybridized carbons (Fsp3) is 1.00. The molecule has 0 atom stereocenters. The minimum Gasteiger partial charge on any atom is -0.374 e. The van der Waals surface area contributed by atoms with Gasteiger partial charge in [-0.2, -0.15) is 0 Å². The van der Waals surface area contributed by atoms with Crippen LogP contribution in [-0.4, -0.2) is 79.7 Å². The average Bonchev–Trinajstić information content (AvgIpc) is 2.70. The molecule has 31 heavy (non-hydrogen) atoms. The molecule has 0 N–H and O–H groups in total. The Kier molecular flexibility index (Phi) is 26.6. The van der Waals surface area contributed by atoms with Gasteiger partial charge in [-0.3, -0.25) is 0 Å². The SMILES string of the molecule is CCO[Si](CCCSSSSCCC[Si](OCC)(OCC)OCC)(OCC)OCC.[SiH4]. The fourth-order valence-electron chi connectivity index (χ4n) is 2.81. The highest BCUT2D eigenvalue weighted by molar-refractivity contribution is 9.26. The van der Waals surface area contributed by atoms with Crippen LogP contribution in [0.2, 0.25) is 12.1 Å². The molecule has 0 aromatic rings. The van der Waals surface area contributed by atoms with Crippen LogP contribution in [0.5, 0.6) is 0 Å². The molecule has 6 nitrogen and oxygen atoms in total. The van der Waals surface area contributed by atoms with Gasteiger partial charge < -0.3 is 26.6 Å². The summed E-state index contributed by atoms with van der Waals surface area (Å²) in [4.78, 5) is 0. The lowest BCUT2D eigenvalue weighted by molar-refractivity contribution is 0.0704. The Balaban J connectivity index is 0. The molecular formula is C18H46O6S4Si3. The molecule has 0 radical (unpaired) electrons. The molecule has 0 unspecified atom stereocenters. The van der Waals surface area contributed by atoms with Crippen LogP contribution in [0.1, 0.15) is 54.4 Å². The van der Waals surface area contributed by atoms with Gasteiger partial charge in [0.1, 0.15) is 0 Å². The van der Waals surface area contributed by atoms with Gasteiger partial charge in [-0.05, 0) is 85.0 Å². The van der Waals surface area contributed by atoms with E-state index in [9.17, 15) is 0 Å². The molecule has 0 bridgehead atoms. The number of hydrogen-bond acceptors (Lipinski definition) is 10. The largest absolute Gasteiger partial charge is 0.500 e. The monoisotopic (exact) mass is 570 g/mol. The topological polar surface area (TPSA) is 55.4 Å². The van der Waals surface area contributed by atoms with E-state index >= 15 is 0 Å². The lowest BCUT2D eigenvalue weighted by Gasteiger charge is -2.28. The molecule has 0 spiro atoms. The lowest BCUT2D eigenvalue weighted by atomic mass is 10.6. The summed E-state index contributed by atoms with van der Waals surface area (Å²) < 4.78 is 35.4. The molecule has 0 rings (SSSR count). The Morgan fingerprint density at radius 1 is 0.484 bits per heavy atom. The Labute approximate surface area is 213 Å². The Hall–Kier alpha value is 1.81. The first kappa shape index (κ1) is 35.0. The van der Waals surface area contributed by atoms with Crippen LogP contribution in [0.25, 0.3) is 0 Å². The van der Waals surface area contributed by atoms with E-state index in [1.54, 1.807) is 0 Å². The summed E-state index contributed by atoms with van der Waals surface area (Å²) in [7, 11) is 2.48. The van der Waals surface area contributed by atoms with Crippen molar-refractivity contribution in [3.05, 3.63) is 0 Å². The van der Waals surface area contributed by atoms with Crippen molar-refractivity contribution in [1.29, 1.82) is 0 Å². The molecule has 0 aliphatic rings. The first-order valence-electron chi connectivity index (χ1n) is 11.0. The summed E-state index contributed by atoms with van der Waals surface area (Å²) in [5.41, 5.74) is 0. The highest BCUT2D eigenvalue weighted by Gasteiger charge is 2.40. The van der Waals surface area contributed by atoms with Crippen LogP contribution in [0.3, 0.4) is 0 Å². The van der Waals surface area contributed by atoms with Crippen LogP contribution in [0.4, 0.5) is 0 Å². The maximum Gasteiger partial charge on any atom is 0.500 e. The maximum absolute atomic E-state index is 5.90. The van der Waals surface area contributed by atoms with Gasteiger partial charge in [0.2, 0.25) is 0 Å².